The summed E-state index contributed by atoms with van der Waals surface area (Å²) in [6.45, 7) is 3.91. The maximum atomic E-state index is 13.6. The highest BCUT2D eigenvalue weighted by molar-refractivity contribution is 5.30. The fourth-order valence-corrected chi connectivity index (χ4v) is 2.70. The van der Waals surface area contributed by atoms with Crippen LogP contribution in [0, 0.1) is 18.2 Å². The minimum absolute atomic E-state index is 0.269. The number of benzene rings is 1. The molecule has 1 aromatic rings. The van der Waals surface area contributed by atoms with Crippen LogP contribution in [0.15, 0.2) is 18.2 Å². The molecule has 1 atom stereocenters. The molecule has 2 rings (SSSR count). The van der Waals surface area contributed by atoms with Crippen molar-refractivity contribution in [1.29, 1.82) is 0 Å². The van der Waals surface area contributed by atoms with Gasteiger partial charge in [-0.2, -0.15) is 0 Å². The molecule has 0 spiro atoms. The molecule has 0 bridgehead atoms. The second kappa shape index (κ2) is 4.07. The number of aliphatic hydroxyl groups is 1. The number of hydrogen-bond acceptors (Lipinski definition) is 2. The molecule has 1 aromatic carbocycles. The highest BCUT2D eigenvalue weighted by Gasteiger charge is 2.51. The Morgan fingerprint density at radius 2 is 2.12 bits per heavy atom. The topological polar surface area (TPSA) is 46.2 Å². The zero-order chi connectivity index (χ0) is 12.7. The molecule has 0 heterocycles. The Bertz CT molecular complexity index is 419. The van der Waals surface area contributed by atoms with E-state index in [-0.39, 0.29) is 11.2 Å². The quantitative estimate of drug-likeness (QED) is 0.848. The van der Waals surface area contributed by atoms with E-state index in [2.05, 4.69) is 0 Å². The predicted molar refractivity (Wildman–Crippen MR) is 66.0 cm³/mol. The Labute approximate surface area is 102 Å². The van der Waals surface area contributed by atoms with Gasteiger partial charge in [-0.3, -0.25) is 0 Å². The van der Waals surface area contributed by atoms with E-state index >= 15 is 0 Å². The van der Waals surface area contributed by atoms with Crippen molar-refractivity contribution in [2.75, 3.05) is 6.54 Å². The normalized spacial score (nSPS) is 21.7. The molecule has 3 heteroatoms. The molecule has 2 nitrogen and oxygen atoms in total. The van der Waals surface area contributed by atoms with Crippen LogP contribution in [0.5, 0.6) is 0 Å². The molecule has 3 N–H and O–H groups in total. The van der Waals surface area contributed by atoms with Crippen molar-refractivity contribution in [3.8, 4) is 0 Å². The van der Waals surface area contributed by atoms with Gasteiger partial charge < -0.3 is 10.8 Å². The van der Waals surface area contributed by atoms with Crippen LogP contribution in [0.1, 0.15) is 37.3 Å². The Hall–Kier alpha value is -0.930. The Morgan fingerprint density at radius 3 is 2.53 bits per heavy atom. The summed E-state index contributed by atoms with van der Waals surface area (Å²) in [6.07, 6.45) is 2.90. The molecule has 0 aliphatic heterocycles. The van der Waals surface area contributed by atoms with Gasteiger partial charge in [-0.15, -0.1) is 0 Å². The van der Waals surface area contributed by atoms with Crippen LogP contribution >= 0.6 is 0 Å². The van der Waals surface area contributed by atoms with Gasteiger partial charge >= 0.3 is 0 Å². The smallest absolute Gasteiger partial charge is 0.126 e. The first-order chi connectivity index (χ1) is 7.93. The van der Waals surface area contributed by atoms with Gasteiger partial charge in [0.05, 0.1) is 5.60 Å². The van der Waals surface area contributed by atoms with Crippen molar-refractivity contribution in [3.05, 3.63) is 35.1 Å². The first-order valence-corrected chi connectivity index (χ1v) is 6.12. The maximum absolute atomic E-state index is 13.6. The molecular weight excluding hydrogens is 217 g/mol. The van der Waals surface area contributed by atoms with Gasteiger partial charge in [0.1, 0.15) is 5.82 Å². The van der Waals surface area contributed by atoms with Crippen molar-refractivity contribution in [3.63, 3.8) is 0 Å². The maximum Gasteiger partial charge on any atom is 0.126 e. The minimum Gasteiger partial charge on any atom is -0.385 e. The van der Waals surface area contributed by atoms with E-state index in [0.29, 0.717) is 17.7 Å². The fourth-order valence-electron chi connectivity index (χ4n) is 2.70. The van der Waals surface area contributed by atoms with Crippen LogP contribution in [-0.4, -0.2) is 11.7 Å². The minimum atomic E-state index is -1.05. The molecule has 0 radical (unpaired) electrons. The highest BCUT2D eigenvalue weighted by atomic mass is 19.1. The molecule has 1 aliphatic rings. The van der Waals surface area contributed by atoms with E-state index < -0.39 is 5.60 Å². The van der Waals surface area contributed by atoms with E-state index in [1.807, 2.05) is 0 Å². The molecule has 1 unspecified atom stereocenters. The third kappa shape index (κ3) is 1.78. The van der Waals surface area contributed by atoms with Gasteiger partial charge in [0.15, 0.2) is 0 Å². The summed E-state index contributed by atoms with van der Waals surface area (Å²) >= 11 is 0. The van der Waals surface area contributed by atoms with E-state index in [1.165, 1.54) is 6.07 Å². The first-order valence-electron chi connectivity index (χ1n) is 6.12. The number of hydrogen-bond donors (Lipinski definition) is 2. The molecule has 94 valence electrons. The standard InChI is InChI=1S/C14H20FNO/c1-10-4-5-11(8-12(10)15)13(2,17)14(9-16)6-3-7-14/h4-5,8,17H,3,6-7,9,16H2,1-2H3. The lowest BCUT2D eigenvalue weighted by Crippen LogP contribution is -2.53. The van der Waals surface area contributed by atoms with E-state index in [4.69, 9.17) is 5.73 Å². The summed E-state index contributed by atoms with van der Waals surface area (Å²) in [5.74, 6) is -0.269. The van der Waals surface area contributed by atoms with Gasteiger partial charge in [0, 0.05) is 12.0 Å². The van der Waals surface area contributed by atoms with Crippen LogP contribution in [0.3, 0.4) is 0 Å². The molecule has 17 heavy (non-hydrogen) atoms. The molecule has 1 aliphatic carbocycles. The van der Waals surface area contributed by atoms with Crippen molar-refractivity contribution < 1.29 is 9.50 Å². The monoisotopic (exact) mass is 237 g/mol. The molecule has 0 aromatic heterocycles. The lowest BCUT2D eigenvalue weighted by Gasteiger charge is -2.51. The lowest BCUT2D eigenvalue weighted by molar-refractivity contribution is -0.116. The van der Waals surface area contributed by atoms with Crippen molar-refractivity contribution in [1.82, 2.24) is 0 Å². The van der Waals surface area contributed by atoms with Crippen LogP contribution in [-0.2, 0) is 5.60 Å². The van der Waals surface area contributed by atoms with Crippen LogP contribution in [0.2, 0.25) is 0 Å². The molecule has 0 amide bonds. The zero-order valence-corrected chi connectivity index (χ0v) is 10.5. The van der Waals surface area contributed by atoms with Gasteiger partial charge in [-0.05, 0) is 43.9 Å². The van der Waals surface area contributed by atoms with Crippen LogP contribution < -0.4 is 5.73 Å². The summed E-state index contributed by atoms with van der Waals surface area (Å²) < 4.78 is 13.6. The highest BCUT2D eigenvalue weighted by Crippen LogP contribution is 2.53. The molecule has 1 fully saturated rings. The Balaban J connectivity index is 2.40. The van der Waals surface area contributed by atoms with Gasteiger partial charge in [-0.1, -0.05) is 18.6 Å². The molecule has 0 saturated heterocycles. The van der Waals surface area contributed by atoms with Crippen LogP contribution in [0.25, 0.3) is 0 Å². The SMILES string of the molecule is Cc1ccc(C(C)(O)C2(CN)CCC2)cc1F. The van der Waals surface area contributed by atoms with E-state index in [0.717, 1.165) is 19.3 Å². The molecular formula is C14H20FNO. The van der Waals surface area contributed by atoms with Gasteiger partial charge in [0.25, 0.3) is 0 Å². The van der Waals surface area contributed by atoms with E-state index in [1.54, 1.807) is 26.0 Å². The van der Waals surface area contributed by atoms with Gasteiger partial charge in [-0.25, -0.2) is 4.39 Å². The number of nitrogens with two attached hydrogens (primary N) is 1. The number of aryl methyl sites for hydroxylation is 1. The van der Waals surface area contributed by atoms with E-state index in [9.17, 15) is 9.50 Å². The molecule has 1 saturated carbocycles. The zero-order valence-electron chi connectivity index (χ0n) is 10.5. The average molecular weight is 237 g/mol. The Morgan fingerprint density at radius 1 is 1.47 bits per heavy atom. The van der Waals surface area contributed by atoms with Crippen molar-refractivity contribution in [2.45, 2.75) is 38.7 Å². The largest absolute Gasteiger partial charge is 0.385 e. The third-order valence-electron chi connectivity index (χ3n) is 4.47. The second-order valence-corrected chi connectivity index (χ2v) is 5.37. The summed E-state index contributed by atoms with van der Waals surface area (Å²) in [7, 11) is 0. The Kier molecular flexibility index (Phi) is 3.00. The number of halogens is 1. The van der Waals surface area contributed by atoms with Gasteiger partial charge in [0.2, 0.25) is 0 Å². The first kappa shape index (κ1) is 12.5. The summed E-state index contributed by atoms with van der Waals surface area (Å²) in [5, 5.41) is 10.7. The van der Waals surface area contributed by atoms with Crippen molar-refractivity contribution >= 4 is 0 Å². The summed E-state index contributed by atoms with van der Waals surface area (Å²) in [6, 6.07) is 4.95. The van der Waals surface area contributed by atoms with Crippen molar-refractivity contribution in [2.24, 2.45) is 11.1 Å². The average Bonchev–Trinajstić information content (AvgIpc) is 2.20. The second-order valence-electron chi connectivity index (χ2n) is 5.37. The predicted octanol–water partition coefficient (Wildman–Crippen LogP) is 2.47. The van der Waals surface area contributed by atoms with Crippen LogP contribution in [0.4, 0.5) is 4.39 Å². The lowest BCUT2D eigenvalue weighted by atomic mass is 9.57. The fraction of sp³-hybridized carbons (Fsp3) is 0.571. The summed E-state index contributed by atoms with van der Waals surface area (Å²) in [4.78, 5) is 0. The number of rotatable bonds is 3. The third-order valence-corrected chi connectivity index (χ3v) is 4.47. The summed E-state index contributed by atoms with van der Waals surface area (Å²) in [5.41, 5.74) is 5.70.